The topological polar surface area (TPSA) is 40.5 Å². The Morgan fingerprint density at radius 3 is 2.42 bits per heavy atom. The summed E-state index contributed by atoms with van der Waals surface area (Å²) in [6.07, 6.45) is 4.48. The normalized spacial score (nSPS) is 47.1. The van der Waals surface area contributed by atoms with Crippen molar-refractivity contribution < 1.29 is 23.4 Å². The van der Waals surface area contributed by atoms with E-state index in [1.165, 1.54) is 18.4 Å². The van der Waals surface area contributed by atoms with Gasteiger partial charge < -0.3 is 10.2 Å². The van der Waals surface area contributed by atoms with Crippen molar-refractivity contribution in [2.45, 2.75) is 110 Å². The average molecular weight is 443 g/mol. The first kappa shape index (κ1) is 23.6. The number of allylic oxidation sites excluding steroid dienone is 1. The zero-order valence-corrected chi connectivity index (χ0v) is 19.6. The van der Waals surface area contributed by atoms with E-state index in [2.05, 4.69) is 26.8 Å². The fourth-order valence-electron chi connectivity index (χ4n) is 8.57. The minimum atomic E-state index is -4.51. The Morgan fingerprint density at radius 1 is 1.03 bits per heavy atom. The summed E-state index contributed by atoms with van der Waals surface area (Å²) >= 11 is 0. The van der Waals surface area contributed by atoms with E-state index >= 15 is 0 Å². The maximum absolute atomic E-state index is 12.8. The molecule has 4 aliphatic carbocycles. The lowest BCUT2D eigenvalue weighted by atomic mass is 9.46. The van der Waals surface area contributed by atoms with Gasteiger partial charge in [-0.3, -0.25) is 0 Å². The summed E-state index contributed by atoms with van der Waals surface area (Å²) in [5.74, 6) is 2.63. The van der Waals surface area contributed by atoms with Gasteiger partial charge in [0.25, 0.3) is 0 Å². The predicted octanol–water partition coefficient (Wildman–Crippen LogP) is 6.66. The molecule has 0 unspecified atom stereocenters. The van der Waals surface area contributed by atoms with Crippen LogP contribution in [0.15, 0.2) is 11.6 Å². The monoisotopic (exact) mass is 442 g/mol. The minimum Gasteiger partial charge on any atom is -0.390 e. The third-order valence-electron chi connectivity index (χ3n) is 10.4. The number of aliphatic hydroxyl groups is 2. The molecular formula is C26H41F3O2. The van der Waals surface area contributed by atoms with Gasteiger partial charge >= 0.3 is 6.18 Å². The molecule has 0 amide bonds. The number of halogens is 3. The second-order valence-corrected chi connectivity index (χ2v) is 12.3. The Morgan fingerprint density at radius 2 is 1.74 bits per heavy atom. The fourth-order valence-corrected chi connectivity index (χ4v) is 8.57. The lowest BCUT2D eigenvalue weighted by Gasteiger charge is -2.59. The fraction of sp³-hybridized carbons (Fsp3) is 0.923. The Bertz CT molecular complexity index is 714. The van der Waals surface area contributed by atoms with Gasteiger partial charge in [-0.15, -0.1) is 0 Å². The van der Waals surface area contributed by atoms with Gasteiger partial charge in [0.2, 0.25) is 0 Å². The third-order valence-corrected chi connectivity index (χ3v) is 10.4. The molecule has 0 aromatic heterocycles. The summed E-state index contributed by atoms with van der Waals surface area (Å²) in [4.78, 5) is 0. The van der Waals surface area contributed by atoms with Crippen molar-refractivity contribution in [1.82, 2.24) is 0 Å². The maximum atomic E-state index is 12.8. The average Bonchev–Trinajstić information content (AvgIpc) is 3.02. The van der Waals surface area contributed by atoms with Crippen molar-refractivity contribution in [3.05, 3.63) is 11.6 Å². The lowest BCUT2D eigenvalue weighted by molar-refractivity contribution is -0.206. The highest BCUT2D eigenvalue weighted by Crippen LogP contribution is 2.67. The first-order valence-electron chi connectivity index (χ1n) is 12.4. The Kier molecular flexibility index (Phi) is 5.90. The highest BCUT2D eigenvalue weighted by molar-refractivity contribution is 5.26. The van der Waals surface area contributed by atoms with Crippen LogP contribution in [-0.4, -0.2) is 28.1 Å². The van der Waals surface area contributed by atoms with Crippen molar-refractivity contribution in [3.8, 4) is 0 Å². The number of rotatable bonds is 4. The van der Waals surface area contributed by atoms with Gasteiger partial charge in [0.15, 0.2) is 0 Å². The number of fused-ring (bicyclic) bond motifs is 5. The molecule has 31 heavy (non-hydrogen) atoms. The SMILES string of the molecule is C[C@H](CC[C@H](O)C(F)(F)F)[C@H]1CC[C@H]2[C@@H]3CC=C4C[C@@](C)(O)CC[C@]4(C)[C@H]3CC[C@]12C. The highest BCUT2D eigenvalue weighted by Gasteiger charge is 2.59. The predicted molar refractivity (Wildman–Crippen MR) is 116 cm³/mol. The molecule has 0 aromatic carbocycles. The van der Waals surface area contributed by atoms with Crippen molar-refractivity contribution in [3.63, 3.8) is 0 Å². The lowest BCUT2D eigenvalue weighted by Crippen LogP contribution is -2.52. The van der Waals surface area contributed by atoms with Crippen molar-refractivity contribution in [2.24, 2.45) is 40.4 Å². The largest absolute Gasteiger partial charge is 0.414 e. The Hall–Kier alpha value is -0.550. The van der Waals surface area contributed by atoms with E-state index in [9.17, 15) is 23.4 Å². The molecular weight excluding hydrogens is 401 g/mol. The minimum absolute atomic E-state index is 0.182. The van der Waals surface area contributed by atoms with E-state index < -0.39 is 17.9 Å². The second-order valence-electron chi connectivity index (χ2n) is 12.3. The molecule has 0 saturated heterocycles. The number of hydrogen-bond donors (Lipinski definition) is 2. The number of aliphatic hydroxyl groups excluding tert-OH is 1. The van der Waals surface area contributed by atoms with Crippen molar-refractivity contribution >= 4 is 0 Å². The molecule has 0 radical (unpaired) electrons. The van der Waals surface area contributed by atoms with Crippen LogP contribution >= 0.6 is 0 Å². The maximum Gasteiger partial charge on any atom is 0.414 e. The summed E-state index contributed by atoms with van der Waals surface area (Å²) < 4.78 is 38.3. The van der Waals surface area contributed by atoms with Gasteiger partial charge in [0, 0.05) is 0 Å². The number of alkyl halides is 3. The first-order valence-corrected chi connectivity index (χ1v) is 12.4. The summed E-state index contributed by atoms with van der Waals surface area (Å²) in [6, 6.07) is 0. The van der Waals surface area contributed by atoms with Gasteiger partial charge in [-0.05, 0) is 112 Å². The molecule has 9 atom stereocenters. The van der Waals surface area contributed by atoms with Crippen LogP contribution < -0.4 is 0 Å². The molecule has 4 aliphatic rings. The van der Waals surface area contributed by atoms with E-state index in [0.717, 1.165) is 38.5 Å². The van der Waals surface area contributed by atoms with Gasteiger partial charge in [-0.2, -0.15) is 13.2 Å². The van der Waals surface area contributed by atoms with Crippen molar-refractivity contribution in [1.29, 1.82) is 0 Å². The molecule has 178 valence electrons. The smallest absolute Gasteiger partial charge is 0.390 e. The van der Waals surface area contributed by atoms with E-state index in [1.807, 2.05) is 6.92 Å². The molecule has 5 heteroatoms. The Balaban J connectivity index is 1.48. The van der Waals surface area contributed by atoms with Crippen LogP contribution in [0.5, 0.6) is 0 Å². The van der Waals surface area contributed by atoms with Crippen LogP contribution in [0.2, 0.25) is 0 Å². The van der Waals surface area contributed by atoms with Crippen LogP contribution in [0.1, 0.15) is 91.9 Å². The quantitative estimate of drug-likeness (QED) is 0.478. The van der Waals surface area contributed by atoms with Gasteiger partial charge in [0.1, 0.15) is 6.10 Å². The van der Waals surface area contributed by atoms with Crippen LogP contribution in [0, 0.1) is 40.4 Å². The van der Waals surface area contributed by atoms with Gasteiger partial charge in [0.05, 0.1) is 5.60 Å². The Labute approximate surface area is 185 Å². The summed E-state index contributed by atoms with van der Waals surface area (Å²) in [5.41, 5.74) is 1.30. The van der Waals surface area contributed by atoms with Crippen LogP contribution in [0.25, 0.3) is 0 Å². The molecule has 4 rings (SSSR count). The van der Waals surface area contributed by atoms with E-state index in [0.29, 0.717) is 30.1 Å². The molecule has 0 aromatic rings. The van der Waals surface area contributed by atoms with E-state index in [4.69, 9.17) is 0 Å². The number of hydrogen-bond acceptors (Lipinski definition) is 2. The molecule has 2 nitrogen and oxygen atoms in total. The molecule has 3 saturated carbocycles. The standard InChI is InChI=1S/C26H41F3O2/c1-16(5-10-22(30)26(27,28)29)19-8-9-20-18-7-6-17-15-23(2,31)13-14-24(17,3)21(18)11-12-25(19,20)4/h6,16,18-22,30-31H,5,7-15H2,1-4H3/t16-,18+,19-,20+,21+,22+,23+,24+,25-/m1/s1. The second kappa shape index (κ2) is 7.75. The molecule has 0 spiro atoms. The molecule has 3 fully saturated rings. The molecule has 0 aliphatic heterocycles. The third kappa shape index (κ3) is 4.00. The van der Waals surface area contributed by atoms with Gasteiger partial charge in [-0.1, -0.05) is 32.4 Å². The van der Waals surface area contributed by atoms with E-state index in [-0.39, 0.29) is 23.2 Å². The summed E-state index contributed by atoms with van der Waals surface area (Å²) in [5, 5.41) is 20.1. The molecule has 0 heterocycles. The van der Waals surface area contributed by atoms with Gasteiger partial charge in [-0.25, -0.2) is 0 Å². The van der Waals surface area contributed by atoms with Crippen LogP contribution in [0.4, 0.5) is 13.2 Å². The summed E-state index contributed by atoms with van der Waals surface area (Å²) in [6.45, 7) is 8.92. The summed E-state index contributed by atoms with van der Waals surface area (Å²) in [7, 11) is 0. The highest BCUT2D eigenvalue weighted by atomic mass is 19.4. The van der Waals surface area contributed by atoms with Crippen LogP contribution in [0.3, 0.4) is 0 Å². The molecule has 0 bridgehead atoms. The molecule has 2 N–H and O–H groups in total. The van der Waals surface area contributed by atoms with Crippen LogP contribution in [-0.2, 0) is 0 Å². The zero-order valence-electron chi connectivity index (χ0n) is 19.6. The zero-order chi connectivity index (χ0) is 22.8. The van der Waals surface area contributed by atoms with Crippen molar-refractivity contribution in [2.75, 3.05) is 0 Å². The van der Waals surface area contributed by atoms with E-state index in [1.54, 1.807) is 0 Å². The first-order chi connectivity index (χ1) is 14.3.